The van der Waals surface area contributed by atoms with Gasteiger partial charge in [-0.25, -0.2) is 0 Å². The molecule has 0 spiro atoms. The maximum Gasteiger partial charge on any atom is 0.489 e. The summed E-state index contributed by atoms with van der Waals surface area (Å²) >= 11 is 3.52. The van der Waals surface area contributed by atoms with Crippen LogP contribution < -0.4 is 5.46 Å². The van der Waals surface area contributed by atoms with Crippen LogP contribution in [0.3, 0.4) is 0 Å². The summed E-state index contributed by atoms with van der Waals surface area (Å²) in [6.07, 6.45) is 0. The van der Waals surface area contributed by atoms with E-state index in [1.165, 1.54) is 110 Å². The topological polar surface area (TPSA) is 66.7 Å². The zero-order valence-electron chi connectivity index (χ0n) is 55.3. The van der Waals surface area contributed by atoms with E-state index < -0.39 is 7.12 Å². The molecular weight excluding hydrogens is 1310 g/mol. The highest BCUT2D eigenvalue weighted by molar-refractivity contribution is 9.10. The van der Waals surface area contributed by atoms with Crippen LogP contribution in [0.1, 0.15) is 0 Å². The van der Waals surface area contributed by atoms with Gasteiger partial charge in [-0.15, -0.1) is 0 Å². The molecule has 0 aliphatic rings. The van der Waals surface area contributed by atoms with Gasteiger partial charge in [0.2, 0.25) is 0 Å². The Hall–Kier alpha value is -12.4. The van der Waals surface area contributed by atoms with Gasteiger partial charge in [-0.05, 0) is 227 Å². The molecule has 102 heavy (non-hydrogen) atoms. The van der Waals surface area contributed by atoms with E-state index in [-0.39, 0.29) is 0 Å². The second-order valence-electron chi connectivity index (χ2n) is 26.1. The molecule has 0 unspecified atom stereocenters. The smallest absolute Gasteiger partial charge is 0.456 e. The number of fused-ring (bicyclic) bond motifs is 12. The Morgan fingerprint density at radius 1 is 0.196 bits per heavy atom. The monoisotopic (exact) mass is 1370 g/mol. The standard InChI is InChI=1S/C48H30O.C30H21BO2.C18H11BrO/c1-2-12-32-27-35(24-23-31(32)11-1)33-13-9-15-37(28-33)47-40-18-3-5-20-42(40)48(43-21-6-4-19-41(43)47)38-16-10-14-34(29-38)36-25-26-46-44(30-36)39-17-7-8-22-45(39)49-46;32-31(33)30-27-14-5-3-12-25(27)29(26-13-4-6-15-28(26)30)24-11-7-10-22(19-24)23-17-16-20-8-1-2-9-21(20)18-23;19-14-5-3-4-12(10-14)13-8-9-18-16(11-13)15-6-1-2-7-17(15)20-18/h1-30H;1-19,32-33H;1-11H. The summed E-state index contributed by atoms with van der Waals surface area (Å²) < 4.78 is 13.1. The van der Waals surface area contributed by atoms with Crippen LogP contribution in [0.5, 0.6) is 0 Å². The number of furan rings is 2. The SMILES string of the molecule is Brc1cccc(-c2ccc3oc4ccccc4c3c2)c1.OB(O)c1c2ccccc2c(-c2cccc(-c3ccc4ccccc4c3)c2)c2ccccc12.c1cc(-c2ccc3ccccc3c2)cc(-c2c3ccccc3c(-c3cccc(-c4ccc5oc6ccccc6c5c4)c3)c3ccccc23)c1. The van der Waals surface area contributed by atoms with Gasteiger partial charge in [0.15, 0.2) is 0 Å². The van der Waals surface area contributed by atoms with Crippen LogP contribution in [0.25, 0.3) is 186 Å². The molecule has 0 saturated carbocycles. The van der Waals surface area contributed by atoms with Crippen molar-refractivity contribution in [2.24, 2.45) is 0 Å². The molecule has 6 heteroatoms. The fourth-order valence-electron chi connectivity index (χ4n) is 15.3. The summed E-state index contributed by atoms with van der Waals surface area (Å²) in [5.74, 6) is 0. The molecule has 0 saturated heterocycles. The Labute approximate surface area is 598 Å². The molecule has 0 fully saturated rings. The van der Waals surface area contributed by atoms with Gasteiger partial charge in [-0.3, -0.25) is 0 Å². The van der Waals surface area contributed by atoms with E-state index >= 15 is 0 Å². The lowest BCUT2D eigenvalue weighted by Crippen LogP contribution is -2.31. The Morgan fingerprint density at radius 2 is 0.471 bits per heavy atom. The van der Waals surface area contributed by atoms with Crippen LogP contribution in [0.4, 0.5) is 0 Å². The summed E-state index contributed by atoms with van der Waals surface area (Å²) in [6.45, 7) is 0. The van der Waals surface area contributed by atoms with Crippen LogP contribution in [0.2, 0.25) is 0 Å². The second-order valence-corrected chi connectivity index (χ2v) is 27.0. The Bertz CT molecular complexity index is 6550. The molecule has 2 N–H and O–H groups in total. The van der Waals surface area contributed by atoms with Gasteiger partial charge in [-0.1, -0.05) is 301 Å². The third-order valence-corrected chi connectivity index (χ3v) is 20.5. The van der Waals surface area contributed by atoms with Crippen molar-refractivity contribution in [3.8, 4) is 77.9 Å². The van der Waals surface area contributed by atoms with E-state index in [0.29, 0.717) is 5.46 Å². The van der Waals surface area contributed by atoms with Gasteiger partial charge < -0.3 is 18.9 Å². The lowest BCUT2D eigenvalue weighted by molar-refractivity contribution is 0.426. The molecule has 480 valence electrons. The van der Waals surface area contributed by atoms with E-state index in [9.17, 15) is 10.0 Å². The zero-order valence-corrected chi connectivity index (χ0v) is 56.9. The fourth-order valence-corrected chi connectivity index (χ4v) is 15.7. The second kappa shape index (κ2) is 26.4. The molecule has 0 aliphatic heterocycles. The van der Waals surface area contributed by atoms with Crippen LogP contribution in [0, 0.1) is 0 Å². The minimum atomic E-state index is -1.54. The lowest BCUT2D eigenvalue weighted by atomic mass is 9.72. The summed E-state index contributed by atoms with van der Waals surface area (Å²) in [6, 6.07) is 128. The maximum absolute atomic E-state index is 10.2. The van der Waals surface area contributed by atoms with Crippen molar-refractivity contribution >= 4 is 137 Å². The molecule has 0 radical (unpaired) electrons. The summed E-state index contributed by atoms with van der Waals surface area (Å²) in [7, 11) is -1.54. The van der Waals surface area contributed by atoms with Crippen molar-refractivity contribution in [3.63, 3.8) is 0 Å². The van der Waals surface area contributed by atoms with Gasteiger partial charge in [0.25, 0.3) is 0 Å². The van der Waals surface area contributed by atoms with Gasteiger partial charge in [0.1, 0.15) is 22.3 Å². The number of halogens is 1. The number of para-hydroxylation sites is 2. The van der Waals surface area contributed by atoms with Crippen molar-refractivity contribution in [2.45, 2.75) is 0 Å². The quantitative estimate of drug-likeness (QED) is 0.118. The molecule has 4 nitrogen and oxygen atoms in total. The molecule has 0 bridgehead atoms. The van der Waals surface area contributed by atoms with Crippen molar-refractivity contribution in [1.82, 2.24) is 0 Å². The van der Waals surface area contributed by atoms with E-state index in [4.69, 9.17) is 8.83 Å². The average Bonchev–Trinajstić information content (AvgIpc) is 1.71. The molecule has 2 aromatic heterocycles. The highest BCUT2D eigenvalue weighted by Crippen LogP contribution is 2.46. The number of benzene rings is 18. The van der Waals surface area contributed by atoms with Crippen molar-refractivity contribution in [1.29, 1.82) is 0 Å². The Morgan fingerprint density at radius 3 is 0.853 bits per heavy atom. The number of hydrogen-bond donors (Lipinski definition) is 2. The molecule has 18 aromatic carbocycles. The summed E-state index contributed by atoms with van der Waals surface area (Å²) in [5, 5.41) is 38.8. The molecule has 20 rings (SSSR count). The highest BCUT2D eigenvalue weighted by Gasteiger charge is 2.23. The van der Waals surface area contributed by atoms with E-state index in [1.807, 2.05) is 78.9 Å². The number of rotatable bonds is 8. The van der Waals surface area contributed by atoms with Crippen LogP contribution in [0.15, 0.2) is 377 Å². The third kappa shape index (κ3) is 11.4. The normalized spacial score (nSPS) is 11.5. The maximum atomic E-state index is 10.2. The van der Waals surface area contributed by atoms with Crippen molar-refractivity contribution in [2.75, 3.05) is 0 Å². The van der Waals surface area contributed by atoms with Gasteiger partial charge >= 0.3 is 7.12 Å². The van der Waals surface area contributed by atoms with Crippen LogP contribution in [-0.2, 0) is 0 Å². The molecule has 2 heterocycles. The first-order valence-corrected chi connectivity index (χ1v) is 35.2. The lowest BCUT2D eigenvalue weighted by Gasteiger charge is -2.18. The average molecular weight is 1370 g/mol. The van der Waals surface area contributed by atoms with Gasteiger partial charge in [0.05, 0.1) is 0 Å². The predicted molar refractivity (Wildman–Crippen MR) is 434 cm³/mol. The predicted octanol–water partition coefficient (Wildman–Crippen LogP) is 25.9. The largest absolute Gasteiger partial charge is 0.489 e. The first-order chi connectivity index (χ1) is 50.3. The van der Waals surface area contributed by atoms with E-state index in [0.717, 1.165) is 81.2 Å². The third-order valence-electron chi connectivity index (χ3n) is 20.0. The molecule has 0 amide bonds. The highest BCUT2D eigenvalue weighted by atomic mass is 79.9. The first-order valence-electron chi connectivity index (χ1n) is 34.4. The minimum Gasteiger partial charge on any atom is -0.456 e. The van der Waals surface area contributed by atoms with Gasteiger partial charge in [0, 0.05) is 26.0 Å². The number of hydrogen-bond acceptors (Lipinski definition) is 4. The summed E-state index contributed by atoms with van der Waals surface area (Å²) in [4.78, 5) is 0. The molecule has 0 atom stereocenters. The van der Waals surface area contributed by atoms with Crippen molar-refractivity contribution in [3.05, 3.63) is 368 Å². The van der Waals surface area contributed by atoms with Crippen LogP contribution in [-0.4, -0.2) is 17.2 Å². The molecule has 20 aromatic rings. The van der Waals surface area contributed by atoms with Gasteiger partial charge in [-0.2, -0.15) is 0 Å². The van der Waals surface area contributed by atoms with E-state index in [2.05, 4.69) is 301 Å². The Balaban J connectivity index is 0.000000121. The zero-order chi connectivity index (χ0) is 68.2. The molecular formula is C96H62BBrO4. The van der Waals surface area contributed by atoms with E-state index in [1.54, 1.807) is 0 Å². The minimum absolute atomic E-state index is 0.552. The molecule has 0 aliphatic carbocycles. The summed E-state index contributed by atoms with van der Waals surface area (Å²) in [5.41, 5.74) is 21.0. The fraction of sp³-hybridized carbons (Fsp3) is 0. The van der Waals surface area contributed by atoms with Crippen LogP contribution >= 0.6 is 15.9 Å². The Kier molecular flexibility index (Phi) is 16.0. The van der Waals surface area contributed by atoms with Crippen molar-refractivity contribution < 1.29 is 18.9 Å². The first kappa shape index (κ1) is 61.9.